The van der Waals surface area contributed by atoms with Gasteiger partial charge in [0.15, 0.2) is 5.60 Å². The molecule has 1 aromatic heterocycles. The summed E-state index contributed by atoms with van der Waals surface area (Å²) in [5.74, 6) is -0.0686. The Morgan fingerprint density at radius 2 is 1.59 bits per heavy atom. The van der Waals surface area contributed by atoms with Gasteiger partial charge < -0.3 is 14.6 Å². The van der Waals surface area contributed by atoms with E-state index in [9.17, 15) is 23.1 Å². The number of thiazole rings is 1. The third kappa shape index (κ3) is 5.52. The topological polar surface area (TPSA) is 68.7 Å². The fraction of sp³-hybridized carbons (Fsp3) is 0.360. The minimum Gasteiger partial charge on any atom is -0.482 e. The normalized spacial score (nSPS) is 12.5. The van der Waals surface area contributed by atoms with Crippen LogP contribution in [-0.2, 0) is 16.6 Å². The third-order valence-corrected chi connectivity index (χ3v) is 6.71. The average Bonchev–Trinajstić information content (AvgIpc) is 3.12. The fourth-order valence-corrected chi connectivity index (χ4v) is 4.45. The highest BCUT2D eigenvalue weighted by Gasteiger charge is 2.32. The van der Waals surface area contributed by atoms with Crippen molar-refractivity contribution < 1.29 is 32.5 Å². The van der Waals surface area contributed by atoms with Crippen molar-refractivity contribution in [2.45, 2.75) is 58.9 Å². The van der Waals surface area contributed by atoms with E-state index in [1.54, 1.807) is 25.1 Å². The molecule has 0 spiro atoms. The number of hydrogen-bond acceptors (Lipinski definition) is 5. The van der Waals surface area contributed by atoms with Crippen molar-refractivity contribution in [2.75, 3.05) is 0 Å². The molecule has 5 nitrogen and oxygen atoms in total. The number of carboxylic acid groups (broad SMARTS) is 1. The van der Waals surface area contributed by atoms with Gasteiger partial charge in [0.05, 0.1) is 16.1 Å². The number of halogens is 3. The molecule has 182 valence electrons. The second kappa shape index (κ2) is 8.94. The third-order valence-electron chi connectivity index (χ3n) is 5.20. The van der Waals surface area contributed by atoms with Gasteiger partial charge in [-0.25, -0.2) is 9.78 Å². The molecule has 3 aromatic rings. The standard InChI is InChI=1S/C25H26F3NO4S/c1-14-13-18(11-12-19(14)33-24(5,6)22(30)31)32-23(3,4)20-15(2)29-21(34-20)16-7-9-17(10-8-16)25(26,27)28/h7-13H,1-6H3,(H,30,31). The van der Waals surface area contributed by atoms with Crippen LogP contribution in [0.2, 0.25) is 0 Å². The molecular formula is C25H26F3NO4S. The van der Waals surface area contributed by atoms with Gasteiger partial charge in [0, 0.05) is 5.56 Å². The van der Waals surface area contributed by atoms with Gasteiger partial charge >= 0.3 is 12.1 Å². The number of aliphatic carboxylic acids is 1. The molecule has 0 atom stereocenters. The Hall–Kier alpha value is -3.07. The summed E-state index contributed by atoms with van der Waals surface area (Å²) in [5.41, 5.74) is -0.814. The molecule has 3 rings (SSSR count). The van der Waals surface area contributed by atoms with Gasteiger partial charge in [-0.3, -0.25) is 0 Å². The first-order valence-electron chi connectivity index (χ1n) is 10.5. The van der Waals surface area contributed by atoms with Crippen LogP contribution in [0.3, 0.4) is 0 Å². The molecule has 0 aliphatic heterocycles. The number of alkyl halides is 3. The number of carboxylic acids is 1. The lowest BCUT2D eigenvalue weighted by Gasteiger charge is -2.27. The van der Waals surface area contributed by atoms with Crippen LogP contribution in [0, 0.1) is 13.8 Å². The van der Waals surface area contributed by atoms with Gasteiger partial charge in [0.1, 0.15) is 22.1 Å². The van der Waals surface area contributed by atoms with Crippen LogP contribution in [0.25, 0.3) is 10.6 Å². The van der Waals surface area contributed by atoms with Gasteiger partial charge in [-0.15, -0.1) is 11.3 Å². The first kappa shape index (κ1) is 25.6. The number of rotatable bonds is 7. The highest BCUT2D eigenvalue weighted by atomic mass is 32.1. The first-order chi connectivity index (χ1) is 15.6. The van der Waals surface area contributed by atoms with E-state index in [-0.39, 0.29) is 0 Å². The van der Waals surface area contributed by atoms with Crippen molar-refractivity contribution >= 4 is 17.3 Å². The Kier molecular flexibility index (Phi) is 6.72. The Morgan fingerprint density at radius 1 is 0.971 bits per heavy atom. The highest BCUT2D eigenvalue weighted by Crippen LogP contribution is 2.39. The van der Waals surface area contributed by atoms with Gasteiger partial charge in [0.2, 0.25) is 0 Å². The monoisotopic (exact) mass is 493 g/mol. The van der Waals surface area contributed by atoms with E-state index in [4.69, 9.17) is 9.47 Å². The second-order valence-electron chi connectivity index (χ2n) is 8.97. The first-order valence-corrected chi connectivity index (χ1v) is 11.3. The lowest BCUT2D eigenvalue weighted by Crippen LogP contribution is -2.38. The van der Waals surface area contributed by atoms with Crippen molar-refractivity contribution in [3.05, 3.63) is 64.2 Å². The summed E-state index contributed by atoms with van der Waals surface area (Å²) < 4.78 is 50.5. The predicted octanol–water partition coefficient (Wildman–Crippen LogP) is 7.00. The molecule has 9 heteroatoms. The average molecular weight is 494 g/mol. The van der Waals surface area contributed by atoms with Gasteiger partial charge in [0.25, 0.3) is 0 Å². The van der Waals surface area contributed by atoms with Crippen LogP contribution in [0.15, 0.2) is 42.5 Å². The summed E-state index contributed by atoms with van der Waals surface area (Å²) in [6, 6.07) is 10.1. The number of aromatic nitrogens is 1. The van der Waals surface area contributed by atoms with Gasteiger partial charge in [-0.2, -0.15) is 13.2 Å². The molecule has 0 saturated heterocycles. The summed E-state index contributed by atoms with van der Waals surface area (Å²) in [5, 5.41) is 9.89. The molecule has 0 amide bonds. The van der Waals surface area contributed by atoms with E-state index in [1.165, 1.54) is 37.3 Å². The Bertz CT molecular complexity index is 1200. The summed E-state index contributed by atoms with van der Waals surface area (Å²) in [4.78, 5) is 16.7. The van der Waals surface area contributed by atoms with Crippen LogP contribution in [0.1, 0.15) is 49.4 Å². The van der Waals surface area contributed by atoms with Crippen LogP contribution in [0.5, 0.6) is 11.5 Å². The van der Waals surface area contributed by atoms with Crippen molar-refractivity contribution in [1.29, 1.82) is 0 Å². The SMILES string of the molecule is Cc1cc(OC(C)(C)c2sc(-c3ccc(C(F)(F)F)cc3)nc2C)ccc1OC(C)(C)C(=O)O. The number of hydrogen-bond donors (Lipinski definition) is 1. The number of nitrogens with zero attached hydrogens (tertiary/aromatic N) is 1. The van der Waals surface area contributed by atoms with Crippen LogP contribution in [-0.4, -0.2) is 21.7 Å². The zero-order valence-corrected chi connectivity index (χ0v) is 20.5. The Morgan fingerprint density at radius 3 is 2.12 bits per heavy atom. The molecule has 1 N–H and O–H groups in total. The number of aryl methyl sites for hydroxylation is 2. The number of carbonyl (C=O) groups is 1. The molecule has 0 aliphatic rings. The molecule has 0 saturated carbocycles. The van der Waals surface area contributed by atoms with Gasteiger partial charge in [-0.1, -0.05) is 12.1 Å². The lowest BCUT2D eigenvalue weighted by atomic mass is 10.1. The maximum absolute atomic E-state index is 12.9. The molecule has 0 fully saturated rings. The van der Waals surface area contributed by atoms with E-state index in [0.29, 0.717) is 27.6 Å². The van der Waals surface area contributed by atoms with E-state index in [1.807, 2.05) is 20.8 Å². The summed E-state index contributed by atoms with van der Waals surface area (Å²) in [7, 11) is 0. The van der Waals surface area contributed by atoms with E-state index >= 15 is 0 Å². The molecular weight excluding hydrogens is 467 g/mol. The molecule has 34 heavy (non-hydrogen) atoms. The van der Waals surface area contributed by atoms with E-state index in [2.05, 4.69) is 4.98 Å². The van der Waals surface area contributed by atoms with E-state index < -0.39 is 28.9 Å². The molecule has 1 heterocycles. The second-order valence-corrected chi connectivity index (χ2v) is 9.96. The molecule has 0 bridgehead atoms. The van der Waals surface area contributed by atoms with Crippen molar-refractivity contribution in [1.82, 2.24) is 4.98 Å². The van der Waals surface area contributed by atoms with Crippen LogP contribution in [0.4, 0.5) is 13.2 Å². The number of ether oxygens (including phenoxy) is 2. The molecule has 0 aliphatic carbocycles. The highest BCUT2D eigenvalue weighted by molar-refractivity contribution is 7.15. The zero-order chi connectivity index (χ0) is 25.5. The van der Waals surface area contributed by atoms with Crippen molar-refractivity contribution in [3.63, 3.8) is 0 Å². The molecule has 0 unspecified atom stereocenters. The fourth-order valence-electron chi connectivity index (χ4n) is 3.34. The minimum absolute atomic E-state index is 0.441. The van der Waals surface area contributed by atoms with E-state index in [0.717, 1.165) is 22.7 Å². The van der Waals surface area contributed by atoms with Gasteiger partial charge in [-0.05, 0) is 77.4 Å². The maximum Gasteiger partial charge on any atom is 0.416 e. The molecule has 0 radical (unpaired) electrons. The van der Waals surface area contributed by atoms with Crippen LogP contribution < -0.4 is 9.47 Å². The summed E-state index contributed by atoms with van der Waals surface area (Å²) in [6.07, 6.45) is -4.39. The maximum atomic E-state index is 12.9. The zero-order valence-electron chi connectivity index (χ0n) is 19.7. The number of benzene rings is 2. The Labute approximate surface area is 200 Å². The lowest BCUT2D eigenvalue weighted by molar-refractivity contribution is -0.152. The van der Waals surface area contributed by atoms with Crippen LogP contribution >= 0.6 is 11.3 Å². The summed E-state index contributed by atoms with van der Waals surface area (Å²) in [6.45, 7) is 10.4. The largest absolute Gasteiger partial charge is 0.482 e. The smallest absolute Gasteiger partial charge is 0.416 e. The quantitative estimate of drug-likeness (QED) is 0.384. The summed E-state index contributed by atoms with van der Waals surface area (Å²) >= 11 is 1.36. The predicted molar refractivity (Wildman–Crippen MR) is 124 cm³/mol. The minimum atomic E-state index is -4.39. The van der Waals surface area contributed by atoms with Crippen molar-refractivity contribution in [3.8, 4) is 22.1 Å². The molecule has 2 aromatic carbocycles. The van der Waals surface area contributed by atoms with Crippen molar-refractivity contribution in [2.24, 2.45) is 0 Å². The Balaban J connectivity index is 1.82.